The first-order chi connectivity index (χ1) is 10.3. The molecule has 2 aromatic carbocycles. The van der Waals surface area contributed by atoms with E-state index in [1.165, 1.54) is 24.3 Å². The maximum Gasteiger partial charge on any atom is 0.228 e. The number of fused-ring (bicyclic) bond motifs is 1. The summed E-state index contributed by atoms with van der Waals surface area (Å²) in [5, 5.41) is 2.61. The third-order valence-corrected chi connectivity index (χ3v) is 5.09. The highest BCUT2D eigenvalue weighted by molar-refractivity contribution is 7.90. The number of amides is 1. The molecule has 0 fully saturated rings. The SMILES string of the molecule is O=C1Cc2cc(S(=O)(=O)Cc3ccc(F)c(F)c3)ccc2N1. The quantitative estimate of drug-likeness (QED) is 0.943. The van der Waals surface area contributed by atoms with Crippen LogP contribution >= 0.6 is 0 Å². The van der Waals surface area contributed by atoms with Crippen molar-refractivity contribution in [3.05, 3.63) is 59.2 Å². The van der Waals surface area contributed by atoms with E-state index in [1.807, 2.05) is 0 Å². The summed E-state index contributed by atoms with van der Waals surface area (Å²) in [6.45, 7) is 0. The van der Waals surface area contributed by atoms with Crippen LogP contribution in [0.15, 0.2) is 41.3 Å². The minimum Gasteiger partial charge on any atom is -0.326 e. The topological polar surface area (TPSA) is 63.2 Å². The summed E-state index contributed by atoms with van der Waals surface area (Å²) < 4.78 is 50.8. The van der Waals surface area contributed by atoms with Gasteiger partial charge in [0, 0.05) is 5.69 Å². The van der Waals surface area contributed by atoms with E-state index in [0.717, 1.165) is 12.1 Å². The normalized spacial score (nSPS) is 13.8. The minimum atomic E-state index is -3.71. The van der Waals surface area contributed by atoms with E-state index in [-0.39, 0.29) is 22.8 Å². The molecule has 1 amide bonds. The molecule has 4 nitrogen and oxygen atoms in total. The molecule has 1 aliphatic rings. The number of sulfone groups is 1. The molecule has 0 radical (unpaired) electrons. The Morgan fingerprint density at radius 3 is 2.55 bits per heavy atom. The van der Waals surface area contributed by atoms with Crippen molar-refractivity contribution in [2.75, 3.05) is 5.32 Å². The lowest BCUT2D eigenvalue weighted by molar-refractivity contribution is -0.115. The number of benzene rings is 2. The van der Waals surface area contributed by atoms with Gasteiger partial charge in [-0.2, -0.15) is 0 Å². The van der Waals surface area contributed by atoms with Crippen molar-refractivity contribution in [2.24, 2.45) is 0 Å². The molecule has 3 rings (SSSR count). The Bertz CT molecular complexity index is 878. The predicted molar refractivity (Wildman–Crippen MR) is 76.0 cm³/mol. The molecule has 2 aromatic rings. The zero-order valence-electron chi connectivity index (χ0n) is 11.3. The van der Waals surface area contributed by atoms with E-state index in [4.69, 9.17) is 0 Å². The maximum atomic E-state index is 13.2. The molecular formula is C15H11F2NO3S. The lowest BCUT2D eigenvalue weighted by Gasteiger charge is -2.07. The first kappa shape index (κ1) is 14.6. The number of hydrogen-bond donors (Lipinski definition) is 1. The number of carbonyl (C=O) groups excluding carboxylic acids is 1. The summed E-state index contributed by atoms with van der Waals surface area (Å²) in [4.78, 5) is 11.3. The molecule has 0 unspecified atom stereocenters. The number of halogens is 2. The van der Waals surface area contributed by atoms with Gasteiger partial charge in [-0.3, -0.25) is 4.79 Å². The molecule has 1 aliphatic heterocycles. The molecular weight excluding hydrogens is 312 g/mol. The van der Waals surface area contributed by atoms with Crippen molar-refractivity contribution < 1.29 is 22.0 Å². The molecule has 1 heterocycles. The molecule has 22 heavy (non-hydrogen) atoms. The summed E-state index contributed by atoms with van der Waals surface area (Å²) in [5.41, 5.74) is 1.36. The summed E-state index contributed by atoms with van der Waals surface area (Å²) >= 11 is 0. The van der Waals surface area contributed by atoms with E-state index in [1.54, 1.807) is 0 Å². The van der Waals surface area contributed by atoms with Gasteiger partial charge in [-0.15, -0.1) is 0 Å². The summed E-state index contributed by atoms with van der Waals surface area (Å²) in [6.07, 6.45) is 0.129. The number of rotatable bonds is 3. The smallest absolute Gasteiger partial charge is 0.228 e. The standard InChI is InChI=1S/C15H11F2NO3S/c16-12-3-1-9(5-13(12)17)8-22(20,21)11-2-4-14-10(6-11)7-15(19)18-14/h1-6H,7-8H2,(H,18,19). The van der Waals surface area contributed by atoms with Gasteiger partial charge in [-0.1, -0.05) is 6.07 Å². The van der Waals surface area contributed by atoms with Crippen molar-refractivity contribution in [1.29, 1.82) is 0 Å². The van der Waals surface area contributed by atoms with E-state index < -0.39 is 27.2 Å². The Labute approximate surface area is 125 Å². The fourth-order valence-electron chi connectivity index (χ4n) is 2.33. The van der Waals surface area contributed by atoms with E-state index in [2.05, 4.69) is 5.32 Å². The molecule has 0 saturated carbocycles. The Morgan fingerprint density at radius 2 is 1.82 bits per heavy atom. The Kier molecular flexibility index (Phi) is 3.44. The molecule has 0 spiro atoms. The van der Waals surface area contributed by atoms with Crippen molar-refractivity contribution in [3.8, 4) is 0 Å². The Morgan fingerprint density at radius 1 is 1.05 bits per heavy atom. The van der Waals surface area contributed by atoms with Crippen LogP contribution in [0, 0.1) is 11.6 Å². The first-order valence-electron chi connectivity index (χ1n) is 6.44. The maximum absolute atomic E-state index is 13.2. The van der Waals surface area contributed by atoms with Crippen molar-refractivity contribution in [1.82, 2.24) is 0 Å². The highest BCUT2D eigenvalue weighted by atomic mass is 32.2. The third-order valence-electron chi connectivity index (χ3n) is 3.40. The van der Waals surface area contributed by atoms with Crippen molar-refractivity contribution in [3.63, 3.8) is 0 Å². The van der Waals surface area contributed by atoms with Crippen LogP contribution < -0.4 is 5.32 Å². The van der Waals surface area contributed by atoms with Crippen molar-refractivity contribution in [2.45, 2.75) is 17.1 Å². The molecule has 0 aliphatic carbocycles. The van der Waals surface area contributed by atoms with Crippen LogP contribution in [0.5, 0.6) is 0 Å². The van der Waals surface area contributed by atoms with Gasteiger partial charge < -0.3 is 5.32 Å². The van der Waals surface area contributed by atoms with Gasteiger partial charge >= 0.3 is 0 Å². The van der Waals surface area contributed by atoms with Crippen molar-refractivity contribution >= 4 is 21.4 Å². The van der Waals surface area contributed by atoms with Crippen LogP contribution in [0.1, 0.15) is 11.1 Å². The predicted octanol–water partition coefficient (Wildman–Crippen LogP) is 2.43. The van der Waals surface area contributed by atoms with Crippen LogP contribution in [0.3, 0.4) is 0 Å². The molecule has 114 valence electrons. The highest BCUT2D eigenvalue weighted by Crippen LogP contribution is 2.27. The number of carbonyl (C=O) groups is 1. The minimum absolute atomic E-state index is 0.0486. The fraction of sp³-hybridized carbons (Fsp3) is 0.133. The van der Waals surface area contributed by atoms with Crippen LogP contribution in [0.4, 0.5) is 14.5 Å². The Hall–Kier alpha value is -2.28. The lowest BCUT2D eigenvalue weighted by atomic mass is 10.2. The van der Waals surface area contributed by atoms with E-state index in [9.17, 15) is 22.0 Å². The zero-order chi connectivity index (χ0) is 15.9. The van der Waals surface area contributed by atoms with Crippen LogP contribution in [0.25, 0.3) is 0 Å². The van der Waals surface area contributed by atoms with Crippen LogP contribution in [-0.4, -0.2) is 14.3 Å². The second-order valence-corrected chi connectivity index (χ2v) is 7.04. The average Bonchev–Trinajstić information content (AvgIpc) is 2.81. The van der Waals surface area contributed by atoms with Gasteiger partial charge in [0.15, 0.2) is 21.5 Å². The summed E-state index contributed by atoms with van der Waals surface area (Å²) in [6, 6.07) is 7.34. The largest absolute Gasteiger partial charge is 0.326 e. The summed E-state index contributed by atoms with van der Waals surface area (Å²) in [5.74, 6) is -2.74. The van der Waals surface area contributed by atoms with Crippen LogP contribution in [-0.2, 0) is 26.8 Å². The second kappa shape index (κ2) is 5.17. The molecule has 7 heteroatoms. The van der Waals surface area contributed by atoms with Gasteiger partial charge in [0.1, 0.15) is 0 Å². The molecule has 0 saturated heterocycles. The number of anilines is 1. The molecule has 1 N–H and O–H groups in total. The van der Waals surface area contributed by atoms with Gasteiger partial charge in [0.25, 0.3) is 0 Å². The molecule has 0 bridgehead atoms. The van der Waals surface area contributed by atoms with Crippen LogP contribution in [0.2, 0.25) is 0 Å². The number of nitrogens with one attached hydrogen (secondary N) is 1. The first-order valence-corrected chi connectivity index (χ1v) is 8.10. The lowest BCUT2D eigenvalue weighted by Crippen LogP contribution is -2.06. The average molecular weight is 323 g/mol. The second-order valence-electron chi connectivity index (χ2n) is 5.05. The Balaban J connectivity index is 1.92. The summed E-state index contributed by atoms with van der Waals surface area (Å²) in [7, 11) is -3.71. The van der Waals surface area contributed by atoms with E-state index in [0.29, 0.717) is 11.3 Å². The fourth-order valence-corrected chi connectivity index (χ4v) is 3.71. The monoisotopic (exact) mass is 323 g/mol. The molecule has 0 atom stereocenters. The highest BCUT2D eigenvalue weighted by Gasteiger charge is 2.22. The van der Waals surface area contributed by atoms with E-state index >= 15 is 0 Å². The zero-order valence-corrected chi connectivity index (χ0v) is 12.1. The van der Waals surface area contributed by atoms with Gasteiger partial charge in [0.05, 0.1) is 17.1 Å². The van der Waals surface area contributed by atoms with Gasteiger partial charge in [0.2, 0.25) is 5.91 Å². The van der Waals surface area contributed by atoms with Gasteiger partial charge in [-0.05, 0) is 41.5 Å². The molecule has 0 aromatic heterocycles. The third kappa shape index (κ3) is 2.71. The van der Waals surface area contributed by atoms with Gasteiger partial charge in [-0.25, -0.2) is 17.2 Å². The number of hydrogen-bond acceptors (Lipinski definition) is 3.